The molecule has 1 atom stereocenters. The van der Waals surface area contributed by atoms with Crippen molar-refractivity contribution in [2.24, 2.45) is 0 Å². The van der Waals surface area contributed by atoms with Crippen LogP contribution in [0.15, 0.2) is 24.3 Å². The second kappa shape index (κ2) is 7.74. The first-order valence-electron chi connectivity index (χ1n) is 7.03. The molecule has 1 N–H and O–H groups in total. The second-order valence-electron chi connectivity index (χ2n) is 6.13. The molecule has 0 fully saturated rings. The van der Waals surface area contributed by atoms with E-state index in [0.29, 0.717) is 5.56 Å². The summed E-state index contributed by atoms with van der Waals surface area (Å²) in [7, 11) is -3.68. The van der Waals surface area contributed by atoms with Gasteiger partial charge in [0.05, 0.1) is 18.9 Å². The molecule has 0 aliphatic rings. The van der Waals surface area contributed by atoms with E-state index in [1.54, 1.807) is 39.0 Å². The normalized spacial score (nSPS) is 13.4. The fourth-order valence-electron chi connectivity index (χ4n) is 1.76. The quantitative estimate of drug-likeness (QED) is 0.798. The lowest BCUT2D eigenvalue weighted by molar-refractivity contribution is 0.0488. The number of carbonyl (C=O) groups is 1. The largest absolute Gasteiger partial charge is 0.444 e. The van der Waals surface area contributed by atoms with Gasteiger partial charge in [-0.05, 0) is 38.8 Å². The van der Waals surface area contributed by atoms with E-state index >= 15 is 0 Å². The van der Waals surface area contributed by atoms with Crippen LogP contribution in [0.3, 0.4) is 0 Å². The third kappa shape index (κ3) is 8.51. The number of hydrogen-bond acceptors (Lipinski definition) is 5. The van der Waals surface area contributed by atoms with E-state index in [-0.39, 0.29) is 13.0 Å². The van der Waals surface area contributed by atoms with Crippen molar-refractivity contribution in [3.63, 3.8) is 0 Å². The number of hydrogen-bond donors (Lipinski definition) is 1. The van der Waals surface area contributed by atoms with Gasteiger partial charge in [-0.2, -0.15) is 8.42 Å². The molecule has 1 aromatic carbocycles. The Balaban J connectivity index is 2.80. The molecule has 8 heteroatoms. The van der Waals surface area contributed by atoms with E-state index in [2.05, 4.69) is 5.32 Å². The van der Waals surface area contributed by atoms with Crippen LogP contribution >= 0.6 is 0 Å². The third-order valence-corrected chi connectivity index (χ3v) is 3.19. The van der Waals surface area contributed by atoms with Gasteiger partial charge in [-0.3, -0.25) is 4.18 Å². The lowest BCUT2D eigenvalue weighted by Crippen LogP contribution is -2.43. The highest BCUT2D eigenvalue weighted by molar-refractivity contribution is 7.85. The summed E-state index contributed by atoms with van der Waals surface area (Å²) in [6.45, 7) is 4.79. The molecule has 130 valence electrons. The Hall–Kier alpha value is -1.67. The number of halogens is 1. The van der Waals surface area contributed by atoms with Crippen LogP contribution in [0.5, 0.6) is 0 Å². The number of nitrogens with one attached hydrogen (secondary N) is 1. The Kier molecular flexibility index (Phi) is 6.52. The molecule has 1 aromatic rings. The smallest absolute Gasteiger partial charge is 0.407 e. The molecule has 0 aliphatic heterocycles. The van der Waals surface area contributed by atoms with Crippen LogP contribution in [0.2, 0.25) is 0 Å². The minimum absolute atomic E-state index is 0.0709. The number of carbonyl (C=O) groups excluding carboxylic acids is 1. The molecule has 0 radical (unpaired) electrons. The molecule has 0 saturated heterocycles. The predicted molar refractivity (Wildman–Crippen MR) is 84.1 cm³/mol. The van der Waals surface area contributed by atoms with Gasteiger partial charge in [-0.25, -0.2) is 9.18 Å². The molecular weight excluding hydrogens is 325 g/mol. The molecule has 1 amide bonds. The average molecular weight is 347 g/mol. The van der Waals surface area contributed by atoms with Crippen molar-refractivity contribution >= 4 is 16.2 Å². The fourth-order valence-corrected chi connectivity index (χ4v) is 2.17. The minimum atomic E-state index is -3.68. The van der Waals surface area contributed by atoms with Crippen LogP contribution in [0.25, 0.3) is 0 Å². The van der Waals surface area contributed by atoms with Gasteiger partial charge in [-0.1, -0.05) is 18.2 Å². The van der Waals surface area contributed by atoms with Gasteiger partial charge in [-0.15, -0.1) is 0 Å². The lowest BCUT2D eigenvalue weighted by Gasteiger charge is -2.23. The zero-order chi connectivity index (χ0) is 17.7. The van der Waals surface area contributed by atoms with Gasteiger partial charge in [0.25, 0.3) is 10.1 Å². The maximum atomic E-state index is 13.7. The standard InChI is InChI=1S/C15H22FNO5S/c1-15(2,3)22-14(18)17-12(10-21-23(4,19)20)9-11-7-5-6-8-13(11)16/h5-8,12H,9-10H2,1-4H3,(H,17,18)/t12-/m1/s1. The maximum absolute atomic E-state index is 13.7. The van der Waals surface area contributed by atoms with Crippen molar-refractivity contribution in [2.75, 3.05) is 12.9 Å². The molecule has 0 bridgehead atoms. The fraction of sp³-hybridized carbons (Fsp3) is 0.533. The number of ether oxygens (including phenoxy) is 1. The second-order valence-corrected chi connectivity index (χ2v) is 7.77. The van der Waals surface area contributed by atoms with Crippen LogP contribution in [0.1, 0.15) is 26.3 Å². The van der Waals surface area contributed by atoms with E-state index < -0.39 is 33.7 Å². The Morgan fingerprint density at radius 1 is 1.30 bits per heavy atom. The summed E-state index contributed by atoms with van der Waals surface area (Å²) in [5, 5.41) is 2.50. The van der Waals surface area contributed by atoms with Gasteiger partial charge in [0, 0.05) is 0 Å². The van der Waals surface area contributed by atoms with Crippen molar-refractivity contribution in [3.8, 4) is 0 Å². The van der Waals surface area contributed by atoms with Crippen molar-refractivity contribution in [3.05, 3.63) is 35.6 Å². The Labute approximate surface area is 136 Å². The summed E-state index contributed by atoms with van der Waals surface area (Å²) in [6.07, 6.45) is 0.248. The zero-order valence-corrected chi connectivity index (χ0v) is 14.4. The molecule has 0 aliphatic carbocycles. The number of rotatable bonds is 6. The highest BCUT2D eigenvalue weighted by atomic mass is 32.2. The molecule has 1 rings (SSSR count). The van der Waals surface area contributed by atoms with E-state index in [9.17, 15) is 17.6 Å². The molecule has 0 aromatic heterocycles. The summed E-state index contributed by atoms with van der Waals surface area (Å²) in [6, 6.07) is 5.29. The van der Waals surface area contributed by atoms with Crippen molar-refractivity contribution < 1.29 is 26.5 Å². The van der Waals surface area contributed by atoms with Gasteiger partial charge in [0.15, 0.2) is 0 Å². The SMILES string of the molecule is CC(C)(C)OC(=O)N[C@@H](COS(C)(=O)=O)Cc1ccccc1F. The summed E-state index contributed by atoms with van der Waals surface area (Å²) in [5.74, 6) is -0.442. The van der Waals surface area contributed by atoms with E-state index in [1.165, 1.54) is 6.07 Å². The summed E-state index contributed by atoms with van der Waals surface area (Å²) in [4.78, 5) is 11.8. The molecule has 0 spiro atoms. The topological polar surface area (TPSA) is 81.7 Å². The molecule has 0 saturated carbocycles. The van der Waals surface area contributed by atoms with Gasteiger partial charge < -0.3 is 10.1 Å². The molecule has 6 nitrogen and oxygen atoms in total. The highest BCUT2D eigenvalue weighted by Gasteiger charge is 2.22. The minimum Gasteiger partial charge on any atom is -0.444 e. The van der Waals surface area contributed by atoms with E-state index in [0.717, 1.165) is 6.26 Å². The zero-order valence-electron chi connectivity index (χ0n) is 13.6. The number of benzene rings is 1. The maximum Gasteiger partial charge on any atom is 0.407 e. The monoisotopic (exact) mass is 347 g/mol. The van der Waals surface area contributed by atoms with Crippen LogP contribution in [-0.2, 0) is 25.5 Å². The Bertz CT molecular complexity index is 640. The summed E-state index contributed by atoms with van der Waals surface area (Å²) >= 11 is 0. The molecule has 0 unspecified atom stereocenters. The first kappa shape index (κ1) is 19.4. The van der Waals surface area contributed by atoms with Crippen LogP contribution in [0, 0.1) is 5.82 Å². The first-order chi connectivity index (χ1) is 10.5. The van der Waals surface area contributed by atoms with Crippen LogP contribution in [0.4, 0.5) is 9.18 Å². The Morgan fingerprint density at radius 2 is 1.91 bits per heavy atom. The van der Waals surface area contributed by atoms with Gasteiger partial charge in [0.2, 0.25) is 0 Å². The van der Waals surface area contributed by atoms with Crippen molar-refractivity contribution in [1.82, 2.24) is 5.32 Å². The third-order valence-electron chi connectivity index (χ3n) is 2.63. The van der Waals surface area contributed by atoms with Gasteiger partial charge >= 0.3 is 6.09 Å². The first-order valence-corrected chi connectivity index (χ1v) is 8.85. The van der Waals surface area contributed by atoms with Crippen molar-refractivity contribution in [2.45, 2.75) is 38.8 Å². The molecular formula is C15H22FNO5S. The number of amides is 1. The van der Waals surface area contributed by atoms with Crippen LogP contribution < -0.4 is 5.32 Å². The summed E-state index contributed by atoms with van der Waals surface area (Å²) < 4.78 is 45.8. The van der Waals surface area contributed by atoms with Gasteiger partial charge in [0.1, 0.15) is 11.4 Å². The predicted octanol–water partition coefficient (Wildman–Crippen LogP) is 2.24. The Morgan fingerprint density at radius 3 is 2.43 bits per heavy atom. The number of alkyl carbamates (subject to hydrolysis) is 1. The van der Waals surface area contributed by atoms with Crippen LogP contribution in [-0.4, -0.2) is 39.0 Å². The molecule has 0 heterocycles. The van der Waals surface area contributed by atoms with E-state index in [4.69, 9.17) is 8.92 Å². The molecule has 23 heavy (non-hydrogen) atoms. The summed E-state index contributed by atoms with van der Waals surface area (Å²) in [5.41, 5.74) is -0.365. The van der Waals surface area contributed by atoms with E-state index in [1.807, 2.05) is 0 Å². The van der Waals surface area contributed by atoms with Crippen molar-refractivity contribution in [1.29, 1.82) is 0 Å². The highest BCUT2D eigenvalue weighted by Crippen LogP contribution is 2.11. The lowest BCUT2D eigenvalue weighted by atomic mass is 10.1. The average Bonchev–Trinajstić information content (AvgIpc) is 2.35.